The van der Waals surface area contributed by atoms with Crippen molar-refractivity contribution in [3.05, 3.63) is 6.07 Å². The third-order valence-electron chi connectivity index (χ3n) is 5.39. The summed E-state index contributed by atoms with van der Waals surface area (Å²) in [5.74, 6) is 0.0669. The fourth-order valence-electron chi connectivity index (χ4n) is 3.74. The molecule has 8 nitrogen and oxygen atoms in total. The van der Waals surface area contributed by atoms with Crippen LogP contribution in [0.1, 0.15) is 51.4 Å². The first kappa shape index (κ1) is 23.4. The molecule has 1 aliphatic carbocycles. The molecule has 0 aliphatic heterocycles. The molecule has 5 N–H and O–H groups in total. The van der Waals surface area contributed by atoms with Gasteiger partial charge in [0.15, 0.2) is 5.88 Å². The zero-order valence-corrected chi connectivity index (χ0v) is 17.5. The van der Waals surface area contributed by atoms with Gasteiger partial charge in [0, 0.05) is 37.2 Å². The summed E-state index contributed by atoms with van der Waals surface area (Å²) >= 11 is 1.30. The second-order valence-electron chi connectivity index (χ2n) is 7.59. The molecule has 2 rings (SSSR count). The number of carboxylic acid groups (broad SMARTS) is 1. The van der Waals surface area contributed by atoms with Crippen molar-refractivity contribution in [2.24, 2.45) is 11.8 Å². The Bertz CT molecular complexity index is 670. The van der Waals surface area contributed by atoms with Gasteiger partial charge in [-0.05, 0) is 44.4 Å². The number of carbonyl (C=O) groups excluding carboxylic acids is 1. The second kappa shape index (κ2) is 12.0. The van der Waals surface area contributed by atoms with Gasteiger partial charge < -0.3 is 25.7 Å². The molecule has 1 fully saturated rings. The SMILES string of the molecule is O=C(O)CCCCCNC(=O)C1CCC(Cn2c(O)cc(SCCO)c2O)CC1. The average molecular weight is 429 g/mol. The van der Waals surface area contributed by atoms with E-state index in [0.29, 0.717) is 30.2 Å². The number of nitrogens with one attached hydrogen (secondary N) is 1. The van der Waals surface area contributed by atoms with Gasteiger partial charge in [0.25, 0.3) is 0 Å². The summed E-state index contributed by atoms with van der Waals surface area (Å²) in [6.45, 7) is 1.09. The lowest BCUT2D eigenvalue weighted by molar-refractivity contribution is -0.137. The molecule has 0 atom stereocenters. The van der Waals surface area contributed by atoms with Crippen LogP contribution in [0.3, 0.4) is 0 Å². The fraction of sp³-hybridized carbons (Fsp3) is 0.700. The molecule has 1 saturated carbocycles. The molecule has 0 bridgehead atoms. The van der Waals surface area contributed by atoms with E-state index in [4.69, 9.17) is 10.2 Å². The molecule has 0 aromatic carbocycles. The van der Waals surface area contributed by atoms with Crippen LogP contribution >= 0.6 is 11.8 Å². The highest BCUT2D eigenvalue weighted by Gasteiger charge is 2.27. The molecular weight excluding hydrogens is 396 g/mol. The third kappa shape index (κ3) is 7.47. The maximum absolute atomic E-state index is 12.3. The second-order valence-corrected chi connectivity index (χ2v) is 8.72. The van der Waals surface area contributed by atoms with E-state index < -0.39 is 5.97 Å². The molecule has 1 aromatic heterocycles. The number of carbonyl (C=O) groups is 2. The molecule has 9 heteroatoms. The largest absolute Gasteiger partial charge is 0.494 e. The molecular formula is C20H32N2O6S. The van der Waals surface area contributed by atoms with Crippen molar-refractivity contribution in [1.29, 1.82) is 0 Å². The highest BCUT2D eigenvalue weighted by molar-refractivity contribution is 7.99. The van der Waals surface area contributed by atoms with Crippen molar-refractivity contribution in [2.75, 3.05) is 18.9 Å². The van der Waals surface area contributed by atoms with Crippen LogP contribution in [0.5, 0.6) is 11.8 Å². The van der Waals surface area contributed by atoms with Gasteiger partial charge in [0.05, 0.1) is 11.5 Å². The van der Waals surface area contributed by atoms with Gasteiger partial charge in [-0.2, -0.15) is 0 Å². The lowest BCUT2D eigenvalue weighted by Gasteiger charge is -2.28. The fourth-order valence-corrected chi connectivity index (χ4v) is 4.48. The van der Waals surface area contributed by atoms with Gasteiger partial charge in [-0.1, -0.05) is 6.42 Å². The summed E-state index contributed by atoms with van der Waals surface area (Å²) in [4.78, 5) is 23.3. The van der Waals surface area contributed by atoms with Crippen molar-refractivity contribution in [2.45, 2.75) is 62.8 Å². The Balaban J connectivity index is 1.70. The minimum absolute atomic E-state index is 0.00443. The van der Waals surface area contributed by atoms with Gasteiger partial charge in [-0.15, -0.1) is 11.8 Å². The number of hydrogen-bond acceptors (Lipinski definition) is 6. The molecule has 0 radical (unpaired) electrons. The van der Waals surface area contributed by atoms with Crippen LogP contribution in [-0.2, 0) is 16.1 Å². The zero-order valence-electron chi connectivity index (χ0n) is 16.7. The number of aliphatic hydroxyl groups is 1. The number of unbranched alkanes of at least 4 members (excludes halogenated alkanes) is 2. The number of amides is 1. The van der Waals surface area contributed by atoms with Gasteiger partial charge in [-0.25, -0.2) is 0 Å². The summed E-state index contributed by atoms with van der Waals surface area (Å²) in [7, 11) is 0. The zero-order chi connectivity index (χ0) is 21.2. The van der Waals surface area contributed by atoms with Gasteiger partial charge >= 0.3 is 5.97 Å². The molecule has 1 aromatic rings. The topological polar surface area (TPSA) is 132 Å². The predicted molar refractivity (Wildman–Crippen MR) is 110 cm³/mol. The van der Waals surface area contributed by atoms with Crippen LogP contribution in [0.25, 0.3) is 0 Å². The standard InChI is InChI=1S/C20H32N2O6S/c23-10-11-29-16-12-17(24)22(20(16)28)13-14-5-7-15(8-6-14)19(27)21-9-3-1-2-4-18(25)26/h12,14-15,23-24,28H,1-11,13H2,(H,21,27)(H,25,26). The summed E-state index contributed by atoms with van der Waals surface area (Å²) in [6.07, 6.45) is 5.66. The Labute approximate surface area is 175 Å². The molecule has 29 heavy (non-hydrogen) atoms. The van der Waals surface area contributed by atoms with Crippen LogP contribution < -0.4 is 5.32 Å². The number of hydrogen-bond donors (Lipinski definition) is 5. The Hall–Kier alpha value is -1.87. The van der Waals surface area contributed by atoms with E-state index in [1.165, 1.54) is 22.4 Å². The number of thioether (sulfide) groups is 1. The van der Waals surface area contributed by atoms with E-state index >= 15 is 0 Å². The highest BCUT2D eigenvalue weighted by Crippen LogP contribution is 2.38. The Kier molecular flexibility index (Phi) is 9.66. The number of aliphatic carboxylic acids is 1. The number of rotatable bonds is 12. The minimum atomic E-state index is -0.785. The van der Waals surface area contributed by atoms with Crippen LogP contribution in [0.2, 0.25) is 0 Å². The first-order valence-electron chi connectivity index (χ1n) is 10.3. The first-order valence-corrected chi connectivity index (χ1v) is 11.3. The van der Waals surface area contributed by atoms with Gasteiger partial charge in [0.2, 0.25) is 11.8 Å². The molecule has 1 aliphatic rings. The van der Waals surface area contributed by atoms with E-state index in [-0.39, 0.29) is 42.5 Å². The quantitative estimate of drug-likeness (QED) is 0.255. The summed E-state index contributed by atoms with van der Waals surface area (Å²) in [5, 5.41) is 40.9. The molecule has 0 unspecified atom stereocenters. The Morgan fingerprint density at radius 1 is 1.14 bits per heavy atom. The van der Waals surface area contributed by atoms with Gasteiger partial charge in [0.1, 0.15) is 0 Å². The highest BCUT2D eigenvalue weighted by atomic mass is 32.2. The number of aromatic hydroxyl groups is 2. The normalized spacial score (nSPS) is 19.2. The lowest BCUT2D eigenvalue weighted by Crippen LogP contribution is -2.34. The van der Waals surface area contributed by atoms with E-state index in [9.17, 15) is 19.8 Å². The summed E-state index contributed by atoms with van der Waals surface area (Å²) in [6, 6.07) is 1.52. The molecule has 164 valence electrons. The smallest absolute Gasteiger partial charge is 0.303 e. The van der Waals surface area contributed by atoms with Crippen LogP contribution in [0.4, 0.5) is 0 Å². The van der Waals surface area contributed by atoms with Gasteiger partial charge in [-0.3, -0.25) is 14.2 Å². The molecule has 1 heterocycles. The van der Waals surface area contributed by atoms with Crippen LogP contribution in [0.15, 0.2) is 11.0 Å². The average Bonchev–Trinajstić information content (AvgIpc) is 2.96. The molecule has 0 saturated heterocycles. The number of aliphatic hydroxyl groups excluding tert-OH is 1. The third-order valence-corrected chi connectivity index (χ3v) is 6.38. The Morgan fingerprint density at radius 2 is 1.86 bits per heavy atom. The van der Waals surface area contributed by atoms with Crippen molar-refractivity contribution in [3.63, 3.8) is 0 Å². The summed E-state index contributed by atoms with van der Waals surface area (Å²) in [5.41, 5.74) is 0. The monoisotopic (exact) mass is 428 g/mol. The molecule has 1 amide bonds. The van der Waals surface area contributed by atoms with E-state index in [1.54, 1.807) is 0 Å². The Morgan fingerprint density at radius 3 is 2.52 bits per heavy atom. The van der Waals surface area contributed by atoms with E-state index in [0.717, 1.165) is 38.5 Å². The number of carboxylic acids is 1. The lowest BCUT2D eigenvalue weighted by atomic mass is 9.81. The van der Waals surface area contributed by atoms with Crippen molar-refractivity contribution in [1.82, 2.24) is 9.88 Å². The first-order chi connectivity index (χ1) is 13.9. The van der Waals surface area contributed by atoms with Crippen LogP contribution in [-0.4, -0.2) is 55.8 Å². The maximum Gasteiger partial charge on any atom is 0.303 e. The van der Waals surface area contributed by atoms with Crippen LogP contribution in [0, 0.1) is 11.8 Å². The van der Waals surface area contributed by atoms with Crippen molar-refractivity contribution < 1.29 is 30.0 Å². The maximum atomic E-state index is 12.3. The number of nitrogens with zero attached hydrogens (tertiary/aromatic N) is 1. The summed E-state index contributed by atoms with van der Waals surface area (Å²) < 4.78 is 1.50. The van der Waals surface area contributed by atoms with E-state index in [1.807, 2.05) is 0 Å². The number of aromatic nitrogens is 1. The minimum Gasteiger partial charge on any atom is -0.494 e. The predicted octanol–water partition coefficient (Wildman–Crippen LogP) is 2.55. The van der Waals surface area contributed by atoms with E-state index in [2.05, 4.69) is 5.32 Å². The molecule has 0 spiro atoms. The van der Waals surface area contributed by atoms with Crippen molar-refractivity contribution >= 4 is 23.6 Å². The van der Waals surface area contributed by atoms with Crippen molar-refractivity contribution in [3.8, 4) is 11.8 Å².